The maximum atomic E-state index is 11.9. The molecule has 6 rings (SSSR count). The summed E-state index contributed by atoms with van der Waals surface area (Å²) < 4.78 is 2.31. The summed E-state index contributed by atoms with van der Waals surface area (Å²) in [5.41, 5.74) is 3.15. The fourth-order valence-electron chi connectivity index (χ4n) is 4.58. The molecule has 0 saturated heterocycles. The number of fused-ring (bicyclic) bond motifs is 3. The van der Waals surface area contributed by atoms with E-state index in [2.05, 4.69) is 30.9 Å². The van der Waals surface area contributed by atoms with Gasteiger partial charge in [-0.05, 0) is 31.7 Å². The smallest absolute Gasteiger partial charge is 0.220 e. The fourth-order valence-corrected chi connectivity index (χ4v) is 4.58. The minimum absolute atomic E-state index is 0.0349. The largest absolute Gasteiger partial charge is 0.350 e. The van der Waals surface area contributed by atoms with Gasteiger partial charge in [0.15, 0.2) is 0 Å². The number of carbonyl (C=O) groups excluding carboxylic acids is 1. The van der Waals surface area contributed by atoms with E-state index in [0.29, 0.717) is 6.42 Å². The fraction of sp³-hybridized carbons (Fsp3) is 0.471. The van der Waals surface area contributed by atoms with Gasteiger partial charge in [-0.15, -0.1) is 0 Å². The van der Waals surface area contributed by atoms with Crippen molar-refractivity contribution in [2.45, 2.75) is 50.1 Å². The number of aromatic nitrogens is 4. The van der Waals surface area contributed by atoms with E-state index in [1.165, 1.54) is 0 Å². The van der Waals surface area contributed by atoms with E-state index in [-0.39, 0.29) is 17.0 Å². The molecule has 2 bridgehead atoms. The lowest BCUT2D eigenvalue weighted by atomic mass is 9.44. The highest BCUT2D eigenvalue weighted by Gasteiger charge is 2.69. The summed E-state index contributed by atoms with van der Waals surface area (Å²) in [6.07, 6.45) is 10.2. The third-order valence-corrected chi connectivity index (χ3v) is 5.49. The highest BCUT2D eigenvalue weighted by Crippen LogP contribution is 2.65. The molecule has 0 aromatic carbocycles. The Morgan fingerprint density at radius 1 is 1.39 bits per heavy atom. The summed E-state index contributed by atoms with van der Waals surface area (Å²) >= 11 is 0. The molecule has 3 aromatic heterocycles. The molecule has 0 radical (unpaired) electrons. The maximum absolute atomic E-state index is 11.9. The monoisotopic (exact) mass is 309 g/mol. The van der Waals surface area contributed by atoms with E-state index in [4.69, 9.17) is 0 Å². The molecule has 3 aliphatic rings. The lowest BCUT2D eigenvalue weighted by Crippen LogP contribution is -2.78. The molecule has 3 saturated carbocycles. The van der Waals surface area contributed by atoms with Crippen LogP contribution >= 0.6 is 0 Å². The van der Waals surface area contributed by atoms with E-state index in [0.717, 1.165) is 47.8 Å². The van der Waals surface area contributed by atoms with Gasteiger partial charge in [0.05, 0.1) is 23.6 Å². The van der Waals surface area contributed by atoms with Crippen molar-refractivity contribution >= 4 is 28.0 Å². The van der Waals surface area contributed by atoms with Crippen molar-refractivity contribution in [3.8, 4) is 0 Å². The third kappa shape index (κ3) is 1.61. The van der Waals surface area contributed by atoms with E-state index < -0.39 is 0 Å². The van der Waals surface area contributed by atoms with Crippen molar-refractivity contribution in [1.82, 2.24) is 24.8 Å². The van der Waals surface area contributed by atoms with Gasteiger partial charge in [-0.2, -0.15) is 0 Å². The number of rotatable bonds is 4. The molecule has 0 spiro atoms. The van der Waals surface area contributed by atoms with Crippen molar-refractivity contribution in [2.24, 2.45) is 0 Å². The van der Waals surface area contributed by atoms with Crippen molar-refractivity contribution in [3.63, 3.8) is 0 Å². The van der Waals surface area contributed by atoms with Crippen molar-refractivity contribution in [2.75, 3.05) is 0 Å². The first-order valence-electron chi connectivity index (χ1n) is 8.25. The van der Waals surface area contributed by atoms with Crippen molar-refractivity contribution < 1.29 is 4.79 Å². The Labute approximate surface area is 133 Å². The third-order valence-electron chi connectivity index (χ3n) is 5.49. The number of nitrogens with one attached hydrogen (secondary N) is 2. The van der Waals surface area contributed by atoms with Crippen LogP contribution in [0.1, 0.15) is 39.0 Å². The van der Waals surface area contributed by atoms with Gasteiger partial charge in [0.25, 0.3) is 0 Å². The van der Waals surface area contributed by atoms with Crippen LogP contribution in [0.5, 0.6) is 0 Å². The Hall–Kier alpha value is -2.37. The SMILES string of the molecule is CCCC(=O)NC12CC(n3cnc4cnc5[nH]ccc5c43)(C1)C2. The summed E-state index contributed by atoms with van der Waals surface area (Å²) in [5.74, 6) is 0.188. The molecule has 6 nitrogen and oxygen atoms in total. The molecule has 6 heteroatoms. The number of imidazole rings is 1. The Morgan fingerprint density at radius 2 is 2.22 bits per heavy atom. The molecule has 23 heavy (non-hydrogen) atoms. The summed E-state index contributed by atoms with van der Waals surface area (Å²) in [5, 5.41) is 4.35. The molecular formula is C17H19N5O. The first kappa shape index (κ1) is 13.1. The Kier molecular flexibility index (Phi) is 2.35. The van der Waals surface area contributed by atoms with Gasteiger partial charge in [0.2, 0.25) is 5.91 Å². The second-order valence-electron chi connectivity index (χ2n) is 7.18. The number of hydrogen-bond acceptors (Lipinski definition) is 3. The molecule has 3 heterocycles. The molecule has 118 valence electrons. The van der Waals surface area contributed by atoms with Crippen LogP contribution < -0.4 is 5.32 Å². The number of hydrogen-bond donors (Lipinski definition) is 2. The molecule has 2 N–H and O–H groups in total. The van der Waals surface area contributed by atoms with Gasteiger partial charge in [0, 0.05) is 23.5 Å². The van der Waals surface area contributed by atoms with Crippen LogP contribution in [0.2, 0.25) is 0 Å². The number of H-pyrrole nitrogens is 1. The van der Waals surface area contributed by atoms with Crippen LogP contribution in [0.4, 0.5) is 0 Å². The van der Waals surface area contributed by atoms with E-state index in [1.54, 1.807) is 0 Å². The number of nitrogens with zero attached hydrogens (tertiary/aromatic N) is 3. The minimum atomic E-state index is 0.0349. The highest BCUT2D eigenvalue weighted by molar-refractivity contribution is 6.01. The van der Waals surface area contributed by atoms with Gasteiger partial charge >= 0.3 is 0 Å². The normalized spacial score (nSPS) is 28.6. The van der Waals surface area contributed by atoms with Crippen LogP contribution in [-0.2, 0) is 10.3 Å². The zero-order valence-corrected chi connectivity index (χ0v) is 13.1. The first-order valence-corrected chi connectivity index (χ1v) is 8.25. The summed E-state index contributed by atoms with van der Waals surface area (Å²) in [7, 11) is 0. The summed E-state index contributed by atoms with van der Waals surface area (Å²) in [6, 6.07) is 2.06. The lowest BCUT2D eigenvalue weighted by Gasteiger charge is -2.70. The second-order valence-corrected chi connectivity index (χ2v) is 7.18. The number of carbonyl (C=O) groups is 1. The first-order chi connectivity index (χ1) is 11.1. The highest BCUT2D eigenvalue weighted by atomic mass is 16.1. The van der Waals surface area contributed by atoms with Gasteiger partial charge in [-0.25, -0.2) is 9.97 Å². The molecule has 0 unspecified atom stereocenters. The second kappa shape index (κ2) is 4.13. The summed E-state index contributed by atoms with van der Waals surface area (Å²) in [4.78, 5) is 24.0. The van der Waals surface area contributed by atoms with Crippen LogP contribution in [0.25, 0.3) is 22.1 Å². The molecule has 3 fully saturated rings. The average Bonchev–Trinajstić information content (AvgIpc) is 3.07. The predicted octanol–water partition coefficient (Wildman–Crippen LogP) is 2.46. The molecule has 3 aromatic rings. The van der Waals surface area contributed by atoms with Crippen LogP contribution in [-0.4, -0.2) is 31.0 Å². The van der Waals surface area contributed by atoms with Gasteiger partial charge < -0.3 is 14.9 Å². The Balaban J connectivity index is 1.48. The van der Waals surface area contributed by atoms with E-state index >= 15 is 0 Å². The topological polar surface area (TPSA) is 75.6 Å². The van der Waals surface area contributed by atoms with Gasteiger partial charge in [-0.1, -0.05) is 6.92 Å². The van der Waals surface area contributed by atoms with E-state index in [9.17, 15) is 4.79 Å². The number of aromatic amines is 1. The quantitative estimate of drug-likeness (QED) is 0.777. The van der Waals surface area contributed by atoms with E-state index in [1.807, 2.05) is 25.6 Å². The summed E-state index contributed by atoms with van der Waals surface area (Å²) in [6.45, 7) is 2.04. The Morgan fingerprint density at radius 3 is 3.00 bits per heavy atom. The van der Waals surface area contributed by atoms with Crippen LogP contribution in [0, 0.1) is 0 Å². The molecular weight excluding hydrogens is 290 g/mol. The lowest BCUT2D eigenvalue weighted by molar-refractivity contribution is -0.154. The molecule has 0 atom stereocenters. The molecule has 3 aliphatic carbocycles. The molecule has 0 aliphatic heterocycles. The predicted molar refractivity (Wildman–Crippen MR) is 87.0 cm³/mol. The molecule has 1 amide bonds. The zero-order chi connectivity index (χ0) is 15.7. The standard InChI is InChI=1S/C17H19N5O/c1-2-3-13(23)21-16-7-17(8-16,9-16)22-10-20-12-6-19-15-11(14(12)22)4-5-18-15/h4-6,10H,2-3,7-9H2,1H3,(H,18,19)(H,21,23). The van der Waals surface area contributed by atoms with Gasteiger partial charge in [0.1, 0.15) is 11.2 Å². The Bertz CT molecular complexity index is 917. The van der Waals surface area contributed by atoms with Crippen molar-refractivity contribution in [1.29, 1.82) is 0 Å². The average molecular weight is 309 g/mol. The number of pyridine rings is 1. The van der Waals surface area contributed by atoms with Crippen molar-refractivity contribution in [3.05, 3.63) is 24.8 Å². The van der Waals surface area contributed by atoms with Crippen LogP contribution in [0.15, 0.2) is 24.8 Å². The van der Waals surface area contributed by atoms with Gasteiger partial charge in [-0.3, -0.25) is 4.79 Å². The number of amides is 1. The maximum Gasteiger partial charge on any atom is 0.220 e. The van der Waals surface area contributed by atoms with Crippen LogP contribution in [0.3, 0.4) is 0 Å². The zero-order valence-electron chi connectivity index (χ0n) is 13.1. The minimum Gasteiger partial charge on any atom is -0.350 e.